The van der Waals surface area contributed by atoms with Crippen LogP contribution in [0.4, 0.5) is 5.69 Å². The molecular formula is C26H27N3. The zero-order valence-electron chi connectivity index (χ0n) is 19.4. The van der Waals surface area contributed by atoms with Gasteiger partial charge in [-0.1, -0.05) is 30.3 Å². The quantitative estimate of drug-likeness (QED) is 0.458. The maximum atomic E-state index is 9.10. The van der Waals surface area contributed by atoms with Crippen molar-refractivity contribution in [3.8, 4) is 11.3 Å². The van der Waals surface area contributed by atoms with Gasteiger partial charge in [0.2, 0.25) is 0 Å². The SMILES string of the molecule is [2H]C1([2H])c2c(C)cc(-c3cccc4[nH]cc(C)c34)nc2CCN1c1c(C)cccc1C. The van der Waals surface area contributed by atoms with Crippen molar-refractivity contribution in [3.05, 3.63) is 82.2 Å². The Bertz CT molecular complexity index is 1300. The van der Waals surface area contributed by atoms with Crippen molar-refractivity contribution in [1.82, 2.24) is 9.97 Å². The summed E-state index contributed by atoms with van der Waals surface area (Å²) in [7, 11) is 0. The topological polar surface area (TPSA) is 31.9 Å². The van der Waals surface area contributed by atoms with Crippen molar-refractivity contribution in [2.24, 2.45) is 0 Å². The summed E-state index contributed by atoms with van der Waals surface area (Å²) in [6, 6.07) is 14.4. The van der Waals surface area contributed by atoms with E-state index in [0.717, 1.165) is 51.3 Å². The molecule has 146 valence electrons. The zero-order valence-corrected chi connectivity index (χ0v) is 17.4. The Balaban J connectivity index is 1.66. The van der Waals surface area contributed by atoms with Gasteiger partial charge in [-0.25, -0.2) is 0 Å². The van der Waals surface area contributed by atoms with Gasteiger partial charge in [0.25, 0.3) is 0 Å². The largest absolute Gasteiger partial charge is 0.366 e. The predicted molar refractivity (Wildman–Crippen MR) is 122 cm³/mol. The van der Waals surface area contributed by atoms with Gasteiger partial charge in [0.1, 0.15) is 0 Å². The molecule has 0 saturated carbocycles. The van der Waals surface area contributed by atoms with Crippen LogP contribution in [0.1, 0.15) is 36.3 Å². The monoisotopic (exact) mass is 383 g/mol. The third-order valence-electron chi connectivity index (χ3n) is 6.00. The van der Waals surface area contributed by atoms with E-state index in [0.29, 0.717) is 12.1 Å². The zero-order chi connectivity index (χ0) is 21.9. The molecule has 3 heteroatoms. The number of benzene rings is 2. The van der Waals surface area contributed by atoms with Crippen LogP contribution in [0.2, 0.25) is 0 Å². The summed E-state index contributed by atoms with van der Waals surface area (Å²) in [6.07, 6.45) is 2.75. The number of rotatable bonds is 2. The number of nitrogens with zero attached hydrogens (tertiary/aromatic N) is 2. The van der Waals surface area contributed by atoms with Crippen molar-refractivity contribution >= 4 is 16.6 Å². The molecule has 0 radical (unpaired) electrons. The number of aromatic nitrogens is 2. The van der Waals surface area contributed by atoms with Crippen LogP contribution in [0.3, 0.4) is 0 Å². The molecule has 4 aromatic rings. The number of fused-ring (bicyclic) bond motifs is 2. The Morgan fingerprint density at radius 2 is 1.72 bits per heavy atom. The molecule has 3 heterocycles. The van der Waals surface area contributed by atoms with Crippen LogP contribution in [-0.2, 0) is 12.9 Å². The molecule has 29 heavy (non-hydrogen) atoms. The van der Waals surface area contributed by atoms with Crippen molar-refractivity contribution in [2.75, 3.05) is 11.4 Å². The molecule has 0 saturated heterocycles. The van der Waals surface area contributed by atoms with Crippen LogP contribution in [0.25, 0.3) is 22.2 Å². The molecule has 2 aromatic carbocycles. The summed E-state index contributed by atoms with van der Waals surface area (Å²) >= 11 is 0. The fraction of sp³-hybridized carbons (Fsp3) is 0.269. The van der Waals surface area contributed by atoms with Crippen LogP contribution < -0.4 is 4.90 Å². The number of H-pyrrole nitrogens is 1. The van der Waals surface area contributed by atoms with Gasteiger partial charge in [-0.2, -0.15) is 0 Å². The molecule has 3 nitrogen and oxygen atoms in total. The first-order valence-electron chi connectivity index (χ1n) is 11.2. The number of hydrogen-bond acceptors (Lipinski definition) is 2. The highest BCUT2D eigenvalue weighted by molar-refractivity contribution is 5.96. The number of aryl methyl sites for hydroxylation is 4. The third-order valence-corrected chi connectivity index (χ3v) is 6.00. The van der Waals surface area contributed by atoms with Gasteiger partial charge in [-0.15, -0.1) is 0 Å². The van der Waals surface area contributed by atoms with Crippen LogP contribution >= 0.6 is 0 Å². The molecule has 1 aliphatic rings. The maximum absolute atomic E-state index is 9.10. The molecule has 5 rings (SSSR count). The summed E-state index contributed by atoms with van der Waals surface area (Å²) in [5, 5.41) is 1.19. The van der Waals surface area contributed by atoms with E-state index in [4.69, 9.17) is 7.73 Å². The normalized spacial score (nSPS) is 16.5. The molecule has 0 unspecified atom stereocenters. The molecule has 2 aromatic heterocycles. The fourth-order valence-corrected chi connectivity index (χ4v) is 4.59. The molecule has 0 fully saturated rings. The van der Waals surface area contributed by atoms with E-state index in [-0.39, 0.29) is 0 Å². The van der Waals surface area contributed by atoms with Crippen LogP contribution in [0, 0.1) is 27.7 Å². The minimum Gasteiger partial charge on any atom is -0.366 e. The molecule has 1 N–H and O–H groups in total. The van der Waals surface area contributed by atoms with Gasteiger partial charge in [-0.3, -0.25) is 4.98 Å². The van der Waals surface area contributed by atoms with E-state index >= 15 is 0 Å². The number of pyridine rings is 1. The Morgan fingerprint density at radius 3 is 2.52 bits per heavy atom. The first kappa shape index (κ1) is 15.8. The summed E-state index contributed by atoms with van der Waals surface area (Å²) in [5.74, 6) is 0. The second kappa shape index (κ2) is 6.77. The van der Waals surface area contributed by atoms with Crippen molar-refractivity contribution in [2.45, 2.75) is 40.6 Å². The molecule has 0 bridgehead atoms. The van der Waals surface area contributed by atoms with E-state index in [9.17, 15) is 0 Å². The maximum Gasteiger partial charge on any atom is 0.0715 e. The third kappa shape index (κ3) is 2.93. The summed E-state index contributed by atoms with van der Waals surface area (Å²) in [6.45, 7) is 7.23. The van der Waals surface area contributed by atoms with E-state index < -0.39 is 6.50 Å². The van der Waals surface area contributed by atoms with Crippen LogP contribution in [0.15, 0.2) is 48.7 Å². The Hall–Kier alpha value is -3.07. The minimum absolute atomic E-state index is 0.606. The predicted octanol–water partition coefficient (Wildman–Crippen LogP) is 6.03. The van der Waals surface area contributed by atoms with Crippen molar-refractivity contribution in [3.63, 3.8) is 0 Å². The second-order valence-corrected chi connectivity index (χ2v) is 8.10. The fourth-order valence-electron chi connectivity index (χ4n) is 4.59. The summed E-state index contributed by atoms with van der Waals surface area (Å²) in [4.78, 5) is 10.3. The van der Waals surface area contributed by atoms with E-state index in [1.807, 2.05) is 36.2 Å². The van der Waals surface area contributed by atoms with E-state index in [2.05, 4.69) is 50.0 Å². The van der Waals surface area contributed by atoms with Crippen molar-refractivity contribution < 1.29 is 2.74 Å². The lowest BCUT2D eigenvalue weighted by molar-refractivity contribution is 0.705. The second-order valence-electron chi connectivity index (χ2n) is 8.10. The van der Waals surface area contributed by atoms with Gasteiger partial charge >= 0.3 is 0 Å². The summed E-state index contributed by atoms with van der Waals surface area (Å²) in [5.41, 5.74) is 10.0. The number of aromatic amines is 1. The van der Waals surface area contributed by atoms with Crippen LogP contribution in [0.5, 0.6) is 0 Å². The van der Waals surface area contributed by atoms with Crippen LogP contribution in [-0.4, -0.2) is 16.5 Å². The molecule has 0 amide bonds. The molecule has 0 spiro atoms. The highest BCUT2D eigenvalue weighted by Crippen LogP contribution is 2.34. The van der Waals surface area contributed by atoms with E-state index in [1.165, 1.54) is 10.9 Å². The van der Waals surface area contributed by atoms with E-state index in [1.54, 1.807) is 0 Å². The first-order chi connectivity index (χ1) is 14.8. The number of anilines is 1. The Labute approximate surface area is 175 Å². The lowest BCUT2D eigenvalue weighted by atomic mass is 9.95. The van der Waals surface area contributed by atoms with Crippen molar-refractivity contribution in [1.29, 1.82) is 0 Å². The minimum atomic E-state index is -1.61. The van der Waals surface area contributed by atoms with Gasteiger partial charge in [0, 0.05) is 53.5 Å². The first-order valence-corrected chi connectivity index (χ1v) is 10.2. The average molecular weight is 384 g/mol. The summed E-state index contributed by atoms with van der Waals surface area (Å²) < 4.78 is 18.2. The highest BCUT2D eigenvalue weighted by atomic mass is 15.1. The molecule has 0 atom stereocenters. The number of hydrogen-bond donors (Lipinski definition) is 1. The molecule has 1 aliphatic heterocycles. The number of nitrogens with one attached hydrogen (secondary N) is 1. The molecular weight excluding hydrogens is 354 g/mol. The highest BCUT2D eigenvalue weighted by Gasteiger charge is 2.23. The Kier molecular flexibility index (Phi) is 3.69. The number of para-hydroxylation sites is 1. The standard InChI is InChI=1S/C26H27N3/c1-16-7-5-8-17(2)26(16)29-12-11-22-21(15-29)18(3)13-24(28-22)20-9-6-10-23-25(20)19(4)14-27-23/h5-10,13-14,27H,11-12,15H2,1-4H3/i15D2. The van der Waals surface area contributed by atoms with Gasteiger partial charge in [0.15, 0.2) is 0 Å². The lowest BCUT2D eigenvalue weighted by Crippen LogP contribution is -2.32. The Morgan fingerprint density at radius 1 is 0.966 bits per heavy atom. The van der Waals surface area contributed by atoms with Gasteiger partial charge < -0.3 is 9.88 Å². The molecule has 0 aliphatic carbocycles. The lowest BCUT2D eigenvalue weighted by Gasteiger charge is -2.33. The van der Waals surface area contributed by atoms with Gasteiger partial charge in [0.05, 0.1) is 8.44 Å². The average Bonchev–Trinajstić information content (AvgIpc) is 3.10. The smallest absolute Gasteiger partial charge is 0.0715 e. The van der Waals surface area contributed by atoms with Gasteiger partial charge in [-0.05, 0) is 67.6 Å².